The number of sulfone groups is 1. The van der Waals surface area contributed by atoms with Gasteiger partial charge in [0.1, 0.15) is 17.4 Å². The van der Waals surface area contributed by atoms with Crippen molar-refractivity contribution in [2.45, 2.75) is 126 Å². The summed E-state index contributed by atoms with van der Waals surface area (Å²) in [7, 11) is -4.51. The number of aryl methyl sites for hydroxylation is 3. The zero-order valence-electron chi connectivity index (χ0n) is 29.8. The minimum absolute atomic E-state index is 0.110. The van der Waals surface area contributed by atoms with E-state index in [9.17, 15) is 31.5 Å². The molecular weight excluding hydrogens is 682 g/mol. The summed E-state index contributed by atoms with van der Waals surface area (Å²) in [5, 5.41) is 25.2. The second-order valence-corrected chi connectivity index (χ2v) is 15.9. The highest BCUT2D eigenvalue weighted by Crippen LogP contribution is 2.39. The van der Waals surface area contributed by atoms with E-state index < -0.39 is 43.7 Å². The van der Waals surface area contributed by atoms with Crippen molar-refractivity contribution in [2.24, 2.45) is 0 Å². The van der Waals surface area contributed by atoms with Crippen LogP contribution < -0.4 is 10.2 Å². The standard InChI is InChI=1S/C23H23F3N4O4S.C14H26N2/c1-13-8-16(9-14(2)27-13)30-21(10-15(3)28-30)29-12-17(11-19(29)22(31)32)35(33,34)20-7-5-4-6-18(20)23(24,25)26;1-2-3-4-5-6-7-8-9-12-16-14(13-15)10-11-14/h4-10,17,19H,11-12H2,1-3H3,(H,31,32);16H,2-12H2,1H3/t17-,19+;/m1./s1. The molecule has 1 aliphatic carbocycles. The molecule has 51 heavy (non-hydrogen) atoms. The first-order valence-corrected chi connectivity index (χ1v) is 19.2. The number of carbonyl (C=O) groups is 1. The van der Waals surface area contributed by atoms with E-state index in [1.165, 1.54) is 67.0 Å². The molecule has 1 aliphatic heterocycles. The van der Waals surface area contributed by atoms with Crippen LogP contribution in [0, 0.1) is 32.1 Å². The molecule has 3 heterocycles. The normalized spacial score (nSPS) is 18.2. The SMILES string of the molecule is CCCCCCCCCCNC1(C#N)CC1.Cc1cc(-n2nc(C)cc2N2C[C@H](S(=O)(=O)c3ccccc3C(F)(F)F)C[C@H]2C(=O)O)cc(C)n1. The highest BCUT2D eigenvalue weighted by molar-refractivity contribution is 7.92. The quantitative estimate of drug-likeness (QED) is 0.152. The van der Waals surface area contributed by atoms with E-state index in [4.69, 9.17) is 5.26 Å². The molecule has 1 aromatic carbocycles. The van der Waals surface area contributed by atoms with Crippen molar-refractivity contribution < 1.29 is 31.5 Å². The summed E-state index contributed by atoms with van der Waals surface area (Å²) < 4.78 is 68.8. The van der Waals surface area contributed by atoms with E-state index in [1.807, 2.05) is 0 Å². The number of nitrogens with zero attached hydrogens (tertiary/aromatic N) is 5. The average molecular weight is 731 g/mol. The van der Waals surface area contributed by atoms with Gasteiger partial charge in [0.25, 0.3) is 0 Å². The van der Waals surface area contributed by atoms with E-state index in [2.05, 4.69) is 28.4 Å². The van der Waals surface area contributed by atoms with E-state index in [0.717, 1.165) is 31.5 Å². The van der Waals surface area contributed by atoms with Crippen molar-refractivity contribution in [3.8, 4) is 11.8 Å². The van der Waals surface area contributed by atoms with E-state index >= 15 is 0 Å². The molecule has 14 heteroatoms. The first-order chi connectivity index (χ1) is 24.1. The fraction of sp³-hybridized carbons (Fsp3) is 0.568. The third-order valence-corrected chi connectivity index (χ3v) is 11.5. The molecule has 10 nitrogen and oxygen atoms in total. The van der Waals surface area contributed by atoms with Gasteiger partial charge in [-0.3, -0.25) is 10.3 Å². The lowest BCUT2D eigenvalue weighted by atomic mass is 10.1. The van der Waals surface area contributed by atoms with Crippen LogP contribution in [0.1, 0.15) is 100 Å². The van der Waals surface area contributed by atoms with Crippen LogP contribution in [0.3, 0.4) is 0 Å². The lowest BCUT2D eigenvalue weighted by molar-refractivity contribution is -0.140. The third kappa shape index (κ3) is 10.3. The number of nitrogens with one attached hydrogen (secondary N) is 1. The molecule has 3 aromatic rings. The van der Waals surface area contributed by atoms with Crippen molar-refractivity contribution in [1.29, 1.82) is 5.26 Å². The van der Waals surface area contributed by atoms with Gasteiger partial charge in [-0.05, 0) is 77.3 Å². The van der Waals surface area contributed by atoms with E-state index in [-0.39, 0.29) is 18.5 Å². The topological polar surface area (TPSA) is 141 Å². The molecule has 2 atom stereocenters. The maximum Gasteiger partial charge on any atom is 0.417 e. The first kappa shape index (κ1) is 39.8. The fourth-order valence-corrected chi connectivity index (χ4v) is 8.40. The molecule has 0 spiro atoms. The van der Waals surface area contributed by atoms with Crippen molar-refractivity contribution in [1.82, 2.24) is 20.1 Å². The van der Waals surface area contributed by atoms with Crippen LogP contribution in [-0.2, 0) is 20.8 Å². The number of halogens is 3. The zero-order chi connectivity index (χ0) is 37.4. The summed E-state index contributed by atoms with van der Waals surface area (Å²) in [6.07, 6.45) is 7.72. The number of aliphatic carboxylic acids is 1. The molecule has 278 valence electrons. The highest BCUT2D eigenvalue weighted by Gasteiger charge is 2.47. The number of hydrogen-bond donors (Lipinski definition) is 2. The van der Waals surface area contributed by atoms with Crippen LogP contribution in [0.4, 0.5) is 19.0 Å². The minimum Gasteiger partial charge on any atom is -0.480 e. The lowest BCUT2D eigenvalue weighted by Crippen LogP contribution is -2.37. The van der Waals surface area contributed by atoms with Crippen LogP contribution in [0.5, 0.6) is 0 Å². The molecular formula is C37H49F3N6O4S. The largest absolute Gasteiger partial charge is 0.480 e. The second kappa shape index (κ2) is 17.0. The van der Waals surface area contributed by atoms with Crippen LogP contribution in [-0.4, -0.2) is 64.2 Å². The van der Waals surface area contributed by atoms with Gasteiger partial charge < -0.3 is 10.0 Å². The predicted molar refractivity (Wildman–Crippen MR) is 190 cm³/mol. The summed E-state index contributed by atoms with van der Waals surface area (Å²) in [5.74, 6) is -0.944. The Morgan fingerprint density at radius 1 is 1.00 bits per heavy atom. The molecule has 2 aromatic heterocycles. The molecule has 0 radical (unpaired) electrons. The smallest absolute Gasteiger partial charge is 0.417 e. The van der Waals surface area contributed by atoms with Gasteiger partial charge in [-0.25, -0.2) is 17.9 Å². The van der Waals surface area contributed by atoms with E-state index in [0.29, 0.717) is 34.7 Å². The number of unbranched alkanes of at least 4 members (excludes halogenated alkanes) is 7. The third-order valence-electron chi connectivity index (χ3n) is 9.36. The Bertz CT molecular complexity index is 1780. The Morgan fingerprint density at radius 3 is 2.18 bits per heavy atom. The van der Waals surface area contributed by atoms with Gasteiger partial charge >= 0.3 is 12.1 Å². The number of alkyl halides is 3. The predicted octanol–water partition coefficient (Wildman–Crippen LogP) is 7.49. The molecule has 5 rings (SSSR count). The van der Waals surface area contributed by atoms with Gasteiger partial charge in [-0.15, -0.1) is 0 Å². The number of carboxylic acid groups (broad SMARTS) is 1. The number of hydrogen-bond acceptors (Lipinski definition) is 8. The molecule has 2 aliphatic rings. The van der Waals surface area contributed by atoms with Crippen molar-refractivity contribution in [3.63, 3.8) is 0 Å². The number of aromatic nitrogens is 3. The van der Waals surface area contributed by atoms with Gasteiger partial charge in [-0.2, -0.15) is 23.5 Å². The first-order valence-electron chi connectivity index (χ1n) is 17.7. The van der Waals surface area contributed by atoms with Gasteiger partial charge in [0.05, 0.1) is 33.2 Å². The number of pyridine rings is 1. The zero-order valence-corrected chi connectivity index (χ0v) is 30.7. The Morgan fingerprint density at radius 2 is 1.61 bits per heavy atom. The number of nitriles is 1. The number of carboxylic acids is 1. The molecule has 0 amide bonds. The average Bonchev–Trinajstić information content (AvgIpc) is 3.51. The van der Waals surface area contributed by atoms with Gasteiger partial charge in [-0.1, -0.05) is 64.0 Å². The molecule has 0 unspecified atom stereocenters. The van der Waals surface area contributed by atoms with Gasteiger partial charge in [0.2, 0.25) is 0 Å². The lowest BCUT2D eigenvalue weighted by Gasteiger charge is -2.24. The molecule has 2 N–H and O–H groups in total. The van der Waals surface area contributed by atoms with Crippen molar-refractivity contribution >= 4 is 21.6 Å². The summed E-state index contributed by atoms with van der Waals surface area (Å²) in [5.41, 5.74) is 1.20. The van der Waals surface area contributed by atoms with Crippen molar-refractivity contribution in [3.05, 3.63) is 65.1 Å². The monoisotopic (exact) mass is 730 g/mol. The molecule has 2 fully saturated rings. The van der Waals surface area contributed by atoms with Crippen molar-refractivity contribution in [2.75, 3.05) is 18.0 Å². The summed E-state index contributed by atoms with van der Waals surface area (Å²) in [6.45, 7) is 8.28. The van der Waals surface area contributed by atoms with Gasteiger partial charge in [0.15, 0.2) is 9.84 Å². The summed E-state index contributed by atoms with van der Waals surface area (Å²) >= 11 is 0. The summed E-state index contributed by atoms with van der Waals surface area (Å²) in [6, 6.07) is 10.2. The van der Waals surface area contributed by atoms with Crippen LogP contribution in [0.15, 0.2) is 47.4 Å². The fourth-order valence-electron chi connectivity index (χ4n) is 6.49. The second-order valence-electron chi connectivity index (χ2n) is 13.7. The van der Waals surface area contributed by atoms with Gasteiger partial charge in [0, 0.05) is 24.0 Å². The Hall–Kier alpha value is -3.96. The molecule has 1 saturated carbocycles. The van der Waals surface area contributed by atoms with Crippen LogP contribution in [0.2, 0.25) is 0 Å². The Kier molecular flexibility index (Phi) is 13.3. The number of rotatable bonds is 15. The number of anilines is 1. The summed E-state index contributed by atoms with van der Waals surface area (Å²) in [4.78, 5) is 17.0. The van der Waals surface area contributed by atoms with Crippen LogP contribution in [0.25, 0.3) is 5.69 Å². The minimum atomic E-state index is -4.87. The van der Waals surface area contributed by atoms with E-state index in [1.54, 1.807) is 39.0 Å². The van der Waals surface area contributed by atoms with Crippen LogP contribution >= 0.6 is 0 Å². The highest BCUT2D eigenvalue weighted by atomic mass is 32.2. The maximum atomic E-state index is 13.5. The maximum absolute atomic E-state index is 13.5. The Labute approximate surface area is 299 Å². The Balaban J connectivity index is 0.000000306. The number of benzene rings is 1. The molecule has 0 bridgehead atoms. The molecule has 1 saturated heterocycles.